The van der Waals surface area contributed by atoms with E-state index < -0.39 is 0 Å². The molecule has 0 spiro atoms. The van der Waals surface area contributed by atoms with Gasteiger partial charge in [0.1, 0.15) is 12.9 Å². The topological polar surface area (TPSA) is 48.1 Å². The van der Waals surface area contributed by atoms with E-state index in [-0.39, 0.29) is 0 Å². The van der Waals surface area contributed by atoms with Crippen molar-refractivity contribution in [1.29, 1.82) is 0 Å². The van der Waals surface area contributed by atoms with E-state index in [1.807, 2.05) is 0 Å². The predicted octanol–water partition coefficient (Wildman–Crippen LogP) is 4.54. The zero-order valence-electron chi connectivity index (χ0n) is 15.3. The number of benzene rings is 1. The maximum absolute atomic E-state index is 6.15. The molecule has 1 aromatic carbocycles. The molecule has 0 aliphatic rings. The van der Waals surface area contributed by atoms with E-state index in [1.54, 1.807) is 36.6 Å². The predicted molar refractivity (Wildman–Crippen MR) is 104 cm³/mol. The summed E-state index contributed by atoms with van der Waals surface area (Å²) in [5.41, 5.74) is 1.93. The number of nitrogens with zero attached hydrogens (tertiary/aromatic N) is 3. The number of methoxy groups -OCH3 is 1. The maximum Gasteiger partial charge on any atom is 0.205 e. The molecule has 2 aromatic rings. The molecule has 0 N–H and O–H groups in total. The number of amidine groups is 1. The first-order valence-electron chi connectivity index (χ1n) is 8.18. The van der Waals surface area contributed by atoms with Gasteiger partial charge in [0, 0.05) is 22.1 Å². The standard InChI is InChI=1S/C18H24ClN3O2S/c1-6-7-10-22-12(2)13(3)25-18(22)20-17(21-24-5)15-11-14(19)8-9-16(15)23-4/h8-9,11H,6-7,10H2,1-5H3/b20-18-,21-17?. The van der Waals surface area contributed by atoms with Crippen LogP contribution < -0.4 is 9.54 Å². The molecule has 7 heteroatoms. The summed E-state index contributed by atoms with van der Waals surface area (Å²) in [4.78, 5) is 11.9. The molecule has 0 radical (unpaired) electrons. The molecular formula is C18H24ClN3O2S. The lowest BCUT2D eigenvalue weighted by atomic mass is 10.2. The van der Waals surface area contributed by atoms with E-state index in [2.05, 4.69) is 30.5 Å². The number of halogens is 1. The van der Waals surface area contributed by atoms with Crippen LogP contribution in [0.3, 0.4) is 0 Å². The molecule has 0 unspecified atom stereocenters. The molecule has 5 nitrogen and oxygen atoms in total. The molecule has 0 aliphatic carbocycles. The van der Waals surface area contributed by atoms with Crippen LogP contribution in [0.15, 0.2) is 28.3 Å². The molecule has 0 fully saturated rings. The van der Waals surface area contributed by atoms with Crippen LogP contribution in [-0.2, 0) is 11.4 Å². The van der Waals surface area contributed by atoms with Crippen molar-refractivity contribution in [1.82, 2.24) is 4.57 Å². The summed E-state index contributed by atoms with van der Waals surface area (Å²) in [6.45, 7) is 7.33. The van der Waals surface area contributed by atoms with E-state index in [0.29, 0.717) is 22.2 Å². The molecule has 0 atom stereocenters. The van der Waals surface area contributed by atoms with Gasteiger partial charge in [0.25, 0.3) is 0 Å². The second kappa shape index (κ2) is 9.06. The third kappa shape index (κ3) is 4.64. The first kappa shape index (κ1) is 19.5. The number of thiazole rings is 1. The fourth-order valence-electron chi connectivity index (χ4n) is 2.42. The van der Waals surface area contributed by atoms with Crippen molar-refractivity contribution in [3.8, 4) is 5.75 Å². The first-order valence-corrected chi connectivity index (χ1v) is 9.37. The molecule has 1 heterocycles. The summed E-state index contributed by atoms with van der Waals surface area (Å²) < 4.78 is 7.66. The van der Waals surface area contributed by atoms with Gasteiger partial charge in [-0.2, -0.15) is 4.99 Å². The van der Waals surface area contributed by atoms with Crippen LogP contribution in [0.4, 0.5) is 0 Å². The molecule has 1 aromatic heterocycles. The average Bonchev–Trinajstić information content (AvgIpc) is 2.86. The number of aromatic nitrogens is 1. The van der Waals surface area contributed by atoms with Gasteiger partial charge < -0.3 is 14.1 Å². The van der Waals surface area contributed by atoms with Gasteiger partial charge in [-0.15, -0.1) is 11.3 Å². The summed E-state index contributed by atoms with van der Waals surface area (Å²) in [7, 11) is 3.11. The Morgan fingerprint density at radius 3 is 2.68 bits per heavy atom. The van der Waals surface area contributed by atoms with Crippen LogP contribution in [0.25, 0.3) is 0 Å². The zero-order chi connectivity index (χ0) is 18.4. The van der Waals surface area contributed by atoms with Crippen LogP contribution in [0.2, 0.25) is 5.02 Å². The molecule has 0 aliphatic heterocycles. The van der Waals surface area contributed by atoms with Crippen molar-refractivity contribution < 1.29 is 9.57 Å². The fourth-order valence-corrected chi connectivity index (χ4v) is 3.60. The minimum atomic E-state index is 0.438. The van der Waals surface area contributed by atoms with Gasteiger partial charge in [-0.1, -0.05) is 30.1 Å². The highest BCUT2D eigenvalue weighted by molar-refractivity contribution is 7.09. The van der Waals surface area contributed by atoms with Gasteiger partial charge in [-0.25, -0.2) is 0 Å². The number of oxime groups is 1. The number of rotatable bonds is 6. The Balaban J connectivity index is 2.61. The largest absolute Gasteiger partial charge is 0.496 e. The SMILES string of the molecule is CCCCn1c(C)c(C)s/c1=N\C(=NOC)c1cc(Cl)ccc1OC. The summed E-state index contributed by atoms with van der Waals surface area (Å²) in [6.07, 6.45) is 2.23. The number of hydrogen-bond acceptors (Lipinski definition) is 4. The lowest BCUT2D eigenvalue weighted by molar-refractivity contribution is 0.213. The van der Waals surface area contributed by atoms with E-state index in [0.717, 1.165) is 24.2 Å². The Labute approximate surface area is 157 Å². The van der Waals surface area contributed by atoms with Crippen molar-refractivity contribution in [2.45, 2.75) is 40.2 Å². The smallest absolute Gasteiger partial charge is 0.205 e. The lowest BCUT2D eigenvalue weighted by Gasteiger charge is -2.09. The summed E-state index contributed by atoms with van der Waals surface area (Å²) in [5.74, 6) is 1.09. The Kier molecular flexibility index (Phi) is 7.08. The molecule has 0 saturated carbocycles. The first-order chi connectivity index (χ1) is 12.0. The van der Waals surface area contributed by atoms with Crippen molar-refractivity contribution in [3.63, 3.8) is 0 Å². The Bertz CT molecular complexity index is 824. The molecule has 25 heavy (non-hydrogen) atoms. The monoisotopic (exact) mass is 381 g/mol. The van der Waals surface area contributed by atoms with Crippen LogP contribution in [-0.4, -0.2) is 24.6 Å². The molecule has 0 saturated heterocycles. The third-order valence-electron chi connectivity index (χ3n) is 3.91. The zero-order valence-corrected chi connectivity index (χ0v) is 16.9. The van der Waals surface area contributed by atoms with Crippen molar-refractivity contribution in [2.24, 2.45) is 10.1 Å². The van der Waals surface area contributed by atoms with E-state index >= 15 is 0 Å². The third-order valence-corrected chi connectivity index (χ3v) is 5.24. The summed E-state index contributed by atoms with van der Waals surface area (Å²) >= 11 is 7.80. The summed E-state index contributed by atoms with van der Waals surface area (Å²) in [6, 6.07) is 5.36. The van der Waals surface area contributed by atoms with Gasteiger partial charge in [0.2, 0.25) is 5.84 Å². The van der Waals surface area contributed by atoms with Crippen LogP contribution in [0, 0.1) is 13.8 Å². The van der Waals surface area contributed by atoms with Crippen LogP contribution in [0.5, 0.6) is 5.75 Å². The molecule has 0 amide bonds. The van der Waals surface area contributed by atoms with E-state index in [4.69, 9.17) is 26.2 Å². The van der Waals surface area contributed by atoms with Crippen molar-refractivity contribution in [2.75, 3.05) is 14.2 Å². The maximum atomic E-state index is 6.15. The lowest BCUT2D eigenvalue weighted by Crippen LogP contribution is -2.19. The van der Waals surface area contributed by atoms with Gasteiger partial charge in [-0.05, 0) is 38.5 Å². The Hall–Kier alpha value is -1.79. The highest BCUT2D eigenvalue weighted by Gasteiger charge is 2.13. The number of unbranched alkanes of at least 4 members (excludes halogenated alkanes) is 1. The quantitative estimate of drug-likeness (QED) is 0.419. The minimum absolute atomic E-state index is 0.438. The molecule has 2 rings (SSSR count). The molecule has 136 valence electrons. The second-order valence-electron chi connectivity index (χ2n) is 5.59. The number of ether oxygens (including phenoxy) is 1. The summed E-state index contributed by atoms with van der Waals surface area (Å²) in [5, 5.41) is 4.69. The average molecular weight is 382 g/mol. The Morgan fingerprint density at radius 2 is 2.04 bits per heavy atom. The van der Waals surface area contributed by atoms with Gasteiger partial charge >= 0.3 is 0 Å². The van der Waals surface area contributed by atoms with Gasteiger partial charge in [0.05, 0.1) is 12.7 Å². The number of aryl methyl sites for hydroxylation is 1. The molecular weight excluding hydrogens is 358 g/mol. The second-order valence-corrected chi connectivity index (χ2v) is 7.20. The highest BCUT2D eigenvalue weighted by atomic mass is 35.5. The fraction of sp³-hybridized carbons (Fsp3) is 0.444. The van der Waals surface area contributed by atoms with E-state index in [9.17, 15) is 0 Å². The molecule has 0 bridgehead atoms. The van der Waals surface area contributed by atoms with Crippen molar-refractivity contribution >= 4 is 28.8 Å². The van der Waals surface area contributed by atoms with Gasteiger partial charge in [0.15, 0.2) is 4.80 Å². The van der Waals surface area contributed by atoms with Gasteiger partial charge in [-0.3, -0.25) is 0 Å². The minimum Gasteiger partial charge on any atom is -0.496 e. The van der Waals surface area contributed by atoms with Crippen LogP contribution in [0.1, 0.15) is 35.9 Å². The normalized spacial score (nSPS) is 12.6. The van der Waals surface area contributed by atoms with Crippen LogP contribution >= 0.6 is 22.9 Å². The Morgan fingerprint density at radius 1 is 1.28 bits per heavy atom. The van der Waals surface area contributed by atoms with E-state index in [1.165, 1.54) is 17.7 Å². The van der Waals surface area contributed by atoms with Crippen molar-refractivity contribution in [3.05, 3.63) is 44.2 Å². The number of hydrogen-bond donors (Lipinski definition) is 0. The highest BCUT2D eigenvalue weighted by Crippen LogP contribution is 2.24.